The Hall–Kier alpha value is -2.14. The average Bonchev–Trinajstić information content (AvgIpc) is 2.83. The Bertz CT molecular complexity index is 761. The Morgan fingerprint density at radius 3 is 2.76 bits per heavy atom. The lowest BCUT2D eigenvalue weighted by atomic mass is 10.2. The van der Waals surface area contributed by atoms with E-state index in [1.807, 2.05) is 31.2 Å². The second kappa shape index (κ2) is 5.69. The van der Waals surface area contributed by atoms with Gasteiger partial charge in [-0.3, -0.25) is 0 Å². The largest absolute Gasteiger partial charge is 0.354 e. The van der Waals surface area contributed by atoms with Gasteiger partial charge in [0.25, 0.3) is 0 Å². The second-order valence-electron chi connectivity index (χ2n) is 4.82. The van der Waals surface area contributed by atoms with E-state index in [0.717, 1.165) is 35.4 Å². The summed E-state index contributed by atoms with van der Waals surface area (Å²) in [6.07, 6.45) is 2.79. The highest BCUT2D eigenvalue weighted by molar-refractivity contribution is 6.31. The lowest BCUT2D eigenvalue weighted by Gasteiger charge is -2.09. The Morgan fingerprint density at radius 2 is 2.05 bits per heavy atom. The number of nitrogens with zero attached hydrogens (tertiary/aromatic N) is 4. The molecule has 0 fully saturated rings. The molecule has 2 heterocycles. The van der Waals surface area contributed by atoms with Crippen molar-refractivity contribution < 1.29 is 0 Å². The fourth-order valence-electron chi connectivity index (χ4n) is 2.10. The summed E-state index contributed by atoms with van der Waals surface area (Å²) in [7, 11) is 0. The normalized spacial score (nSPS) is 11.0. The van der Waals surface area contributed by atoms with Crippen molar-refractivity contribution >= 4 is 28.5 Å². The van der Waals surface area contributed by atoms with Gasteiger partial charge in [-0.1, -0.05) is 30.7 Å². The number of aromatic nitrogens is 4. The van der Waals surface area contributed by atoms with Crippen molar-refractivity contribution in [3.8, 4) is 5.82 Å². The number of benzene rings is 1. The number of hydrogen-bond donors (Lipinski definition) is 1. The van der Waals surface area contributed by atoms with Gasteiger partial charge in [-0.25, -0.2) is 9.67 Å². The van der Waals surface area contributed by atoms with Crippen molar-refractivity contribution in [2.45, 2.75) is 20.3 Å². The number of aryl methyl sites for hydroxylation is 1. The van der Waals surface area contributed by atoms with E-state index in [1.165, 1.54) is 0 Å². The third-order valence-corrected chi connectivity index (χ3v) is 3.54. The molecule has 0 unspecified atom stereocenters. The van der Waals surface area contributed by atoms with Crippen molar-refractivity contribution in [1.29, 1.82) is 0 Å². The van der Waals surface area contributed by atoms with E-state index in [0.29, 0.717) is 11.0 Å². The molecule has 0 aliphatic heterocycles. The van der Waals surface area contributed by atoms with Crippen LogP contribution in [0.25, 0.3) is 16.7 Å². The van der Waals surface area contributed by atoms with Crippen molar-refractivity contribution in [2.75, 3.05) is 11.9 Å². The molecule has 0 aliphatic carbocycles. The van der Waals surface area contributed by atoms with Crippen molar-refractivity contribution in [3.05, 3.63) is 41.2 Å². The number of anilines is 1. The van der Waals surface area contributed by atoms with Gasteiger partial charge in [0, 0.05) is 11.9 Å². The minimum absolute atomic E-state index is 0.606. The molecule has 1 N–H and O–H groups in total. The molecule has 0 bridgehead atoms. The Morgan fingerprint density at radius 1 is 1.24 bits per heavy atom. The highest BCUT2D eigenvalue weighted by Crippen LogP contribution is 2.23. The quantitative estimate of drug-likeness (QED) is 0.800. The summed E-state index contributed by atoms with van der Waals surface area (Å²) in [5.41, 5.74) is 1.66. The van der Waals surface area contributed by atoms with Gasteiger partial charge >= 0.3 is 0 Å². The maximum absolute atomic E-state index is 6.11. The first kappa shape index (κ1) is 13.8. The number of fused-ring (bicyclic) bond motifs is 1. The van der Waals surface area contributed by atoms with Gasteiger partial charge in [0.05, 0.1) is 22.4 Å². The van der Waals surface area contributed by atoms with Gasteiger partial charge in [-0.15, -0.1) is 0 Å². The summed E-state index contributed by atoms with van der Waals surface area (Å²) >= 11 is 6.11. The van der Waals surface area contributed by atoms with Crippen LogP contribution in [-0.2, 0) is 0 Å². The summed E-state index contributed by atoms with van der Waals surface area (Å²) in [6, 6.07) is 7.88. The maximum Gasteiger partial charge on any atom is 0.225 e. The zero-order chi connectivity index (χ0) is 14.8. The lowest BCUT2D eigenvalue weighted by molar-refractivity contribution is 0.834. The molecule has 0 amide bonds. The van der Waals surface area contributed by atoms with Crippen LogP contribution >= 0.6 is 11.6 Å². The standard InChI is InChI=1S/C15H16ClN5/c1-3-8-17-15-18-13-7-5-4-6-11(13)14(19-15)21-9-12(16)10(2)20-21/h4-7,9H,3,8H2,1-2H3,(H,17,18,19). The molecule has 0 radical (unpaired) electrons. The molecule has 3 rings (SSSR count). The summed E-state index contributed by atoms with van der Waals surface area (Å²) in [4.78, 5) is 9.11. The Labute approximate surface area is 128 Å². The molecule has 0 spiro atoms. The zero-order valence-corrected chi connectivity index (χ0v) is 12.7. The molecule has 6 heteroatoms. The summed E-state index contributed by atoms with van der Waals surface area (Å²) in [6.45, 7) is 4.81. The van der Waals surface area contributed by atoms with Gasteiger partial charge < -0.3 is 5.32 Å². The Balaban J connectivity index is 2.18. The zero-order valence-electron chi connectivity index (χ0n) is 12.0. The molecule has 5 nitrogen and oxygen atoms in total. The SMILES string of the molecule is CCCNc1nc(-n2cc(Cl)c(C)n2)c2ccccc2n1. The molecule has 0 aliphatic rings. The van der Waals surface area contributed by atoms with Crippen LogP contribution in [0.3, 0.4) is 0 Å². The van der Waals surface area contributed by atoms with E-state index in [-0.39, 0.29) is 0 Å². The molecule has 0 saturated carbocycles. The molecule has 21 heavy (non-hydrogen) atoms. The first-order chi connectivity index (χ1) is 10.2. The summed E-state index contributed by atoms with van der Waals surface area (Å²) in [5.74, 6) is 1.34. The number of halogens is 1. The topological polar surface area (TPSA) is 55.6 Å². The van der Waals surface area contributed by atoms with E-state index in [4.69, 9.17) is 11.6 Å². The summed E-state index contributed by atoms with van der Waals surface area (Å²) < 4.78 is 1.71. The fraction of sp³-hybridized carbons (Fsp3) is 0.267. The van der Waals surface area contributed by atoms with E-state index >= 15 is 0 Å². The molecule has 108 valence electrons. The molecule has 1 aromatic carbocycles. The third-order valence-electron chi connectivity index (χ3n) is 3.17. The van der Waals surface area contributed by atoms with E-state index in [1.54, 1.807) is 10.9 Å². The summed E-state index contributed by atoms with van der Waals surface area (Å²) in [5, 5.41) is 9.21. The number of para-hydroxylation sites is 1. The van der Waals surface area contributed by atoms with Gasteiger partial charge in [-0.05, 0) is 25.5 Å². The number of rotatable bonds is 4. The molecule has 0 saturated heterocycles. The van der Waals surface area contributed by atoms with E-state index in [9.17, 15) is 0 Å². The van der Waals surface area contributed by atoms with Crippen LogP contribution in [0.1, 0.15) is 19.0 Å². The maximum atomic E-state index is 6.11. The molecule has 0 atom stereocenters. The van der Waals surface area contributed by atoms with E-state index < -0.39 is 0 Å². The highest BCUT2D eigenvalue weighted by atomic mass is 35.5. The van der Waals surface area contributed by atoms with E-state index in [2.05, 4.69) is 27.3 Å². The van der Waals surface area contributed by atoms with Gasteiger partial charge in [0.2, 0.25) is 5.95 Å². The highest BCUT2D eigenvalue weighted by Gasteiger charge is 2.11. The predicted octanol–water partition coefficient (Wildman–Crippen LogP) is 3.60. The molecular weight excluding hydrogens is 286 g/mol. The van der Waals surface area contributed by atoms with Gasteiger partial charge in [-0.2, -0.15) is 10.1 Å². The van der Waals surface area contributed by atoms with Gasteiger partial charge in [0.15, 0.2) is 5.82 Å². The predicted molar refractivity (Wildman–Crippen MR) is 85.2 cm³/mol. The number of nitrogens with one attached hydrogen (secondary N) is 1. The van der Waals surface area contributed by atoms with Crippen LogP contribution in [0.15, 0.2) is 30.5 Å². The van der Waals surface area contributed by atoms with Crippen LogP contribution in [0.4, 0.5) is 5.95 Å². The van der Waals surface area contributed by atoms with Crippen LogP contribution in [0.5, 0.6) is 0 Å². The molecule has 3 aromatic rings. The third kappa shape index (κ3) is 2.69. The van der Waals surface area contributed by atoms with Crippen LogP contribution in [-0.4, -0.2) is 26.3 Å². The minimum Gasteiger partial charge on any atom is -0.354 e. The molecule has 2 aromatic heterocycles. The average molecular weight is 302 g/mol. The first-order valence-corrected chi connectivity index (χ1v) is 7.29. The minimum atomic E-state index is 0.606. The monoisotopic (exact) mass is 301 g/mol. The van der Waals surface area contributed by atoms with Gasteiger partial charge in [0.1, 0.15) is 0 Å². The van der Waals surface area contributed by atoms with Crippen molar-refractivity contribution in [3.63, 3.8) is 0 Å². The van der Waals surface area contributed by atoms with Crippen LogP contribution < -0.4 is 5.32 Å². The second-order valence-corrected chi connectivity index (χ2v) is 5.23. The number of hydrogen-bond acceptors (Lipinski definition) is 4. The molecular formula is C15H16ClN5. The first-order valence-electron chi connectivity index (χ1n) is 6.92. The van der Waals surface area contributed by atoms with Crippen molar-refractivity contribution in [2.24, 2.45) is 0 Å². The van der Waals surface area contributed by atoms with Crippen LogP contribution in [0, 0.1) is 6.92 Å². The Kier molecular flexibility index (Phi) is 3.75. The van der Waals surface area contributed by atoms with Crippen molar-refractivity contribution in [1.82, 2.24) is 19.7 Å². The fourth-order valence-corrected chi connectivity index (χ4v) is 2.23. The lowest BCUT2D eigenvalue weighted by Crippen LogP contribution is -2.08. The van der Waals surface area contributed by atoms with Crippen LogP contribution in [0.2, 0.25) is 5.02 Å². The smallest absolute Gasteiger partial charge is 0.225 e.